The van der Waals surface area contributed by atoms with Crippen LogP contribution in [0.4, 0.5) is 0 Å². The molecule has 0 radical (unpaired) electrons. The minimum Gasteiger partial charge on any atom is -0.342 e. The fourth-order valence-electron chi connectivity index (χ4n) is 2.84. The first-order chi connectivity index (χ1) is 9.26. The lowest BCUT2D eigenvalue weighted by molar-refractivity contribution is -0.132. The van der Waals surface area contributed by atoms with E-state index < -0.39 is 0 Å². The lowest BCUT2D eigenvalue weighted by atomic mass is 9.97. The SMILES string of the molecule is CCCCn1ccnc1[C@@H]1CCCN(C(=O)CC)C1. The highest BCUT2D eigenvalue weighted by atomic mass is 16.2. The van der Waals surface area contributed by atoms with Gasteiger partial charge in [-0.2, -0.15) is 0 Å². The van der Waals surface area contributed by atoms with Crippen molar-refractivity contribution in [2.24, 2.45) is 0 Å². The summed E-state index contributed by atoms with van der Waals surface area (Å²) >= 11 is 0. The van der Waals surface area contributed by atoms with E-state index in [2.05, 4.69) is 22.7 Å². The van der Waals surface area contributed by atoms with E-state index in [1.807, 2.05) is 18.0 Å². The lowest BCUT2D eigenvalue weighted by Gasteiger charge is -2.32. The van der Waals surface area contributed by atoms with Crippen molar-refractivity contribution in [2.75, 3.05) is 13.1 Å². The number of aryl methyl sites for hydroxylation is 1. The van der Waals surface area contributed by atoms with E-state index in [0.717, 1.165) is 32.5 Å². The van der Waals surface area contributed by atoms with Crippen molar-refractivity contribution in [2.45, 2.75) is 58.4 Å². The summed E-state index contributed by atoms with van der Waals surface area (Å²) in [5, 5.41) is 0. The van der Waals surface area contributed by atoms with Crippen LogP contribution in [0.3, 0.4) is 0 Å². The molecule has 1 saturated heterocycles. The summed E-state index contributed by atoms with van der Waals surface area (Å²) in [5.41, 5.74) is 0. The topological polar surface area (TPSA) is 38.1 Å². The smallest absolute Gasteiger partial charge is 0.222 e. The van der Waals surface area contributed by atoms with Crippen LogP contribution in [0.5, 0.6) is 0 Å². The predicted octanol–water partition coefficient (Wildman–Crippen LogP) is 2.80. The summed E-state index contributed by atoms with van der Waals surface area (Å²) in [7, 11) is 0. The highest BCUT2D eigenvalue weighted by Gasteiger charge is 2.26. The van der Waals surface area contributed by atoms with Crippen LogP contribution in [0, 0.1) is 0 Å². The fourth-order valence-corrected chi connectivity index (χ4v) is 2.84. The molecule has 4 nitrogen and oxygen atoms in total. The van der Waals surface area contributed by atoms with Gasteiger partial charge in [-0.1, -0.05) is 20.3 Å². The Balaban J connectivity index is 2.04. The van der Waals surface area contributed by atoms with Crippen LogP contribution in [-0.2, 0) is 11.3 Å². The number of carbonyl (C=O) groups is 1. The van der Waals surface area contributed by atoms with Gasteiger partial charge in [0.25, 0.3) is 0 Å². The maximum Gasteiger partial charge on any atom is 0.222 e. The van der Waals surface area contributed by atoms with E-state index in [0.29, 0.717) is 12.3 Å². The van der Waals surface area contributed by atoms with Gasteiger partial charge in [-0.15, -0.1) is 0 Å². The molecule has 106 valence electrons. The Labute approximate surface area is 115 Å². The van der Waals surface area contributed by atoms with Gasteiger partial charge >= 0.3 is 0 Å². The third-order valence-electron chi connectivity index (χ3n) is 3.94. The van der Waals surface area contributed by atoms with Crippen molar-refractivity contribution < 1.29 is 4.79 Å². The molecule has 0 unspecified atom stereocenters. The highest BCUT2D eigenvalue weighted by molar-refractivity contribution is 5.75. The molecule has 0 saturated carbocycles. The minimum atomic E-state index is 0.274. The van der Waals surface area contributed by atoms with Crippen molar-refractivity contribution in [1.29, 1.82) is 0 Å². The van der Waals surface area contributed by atoms with Crippen LogP contribution >= 0.6 is 0 Å². The van der Waals surface area contributed by atoms with E-state index in [1.54, 1.807) is 0 Å². The second kappa shape index (κ2) is 6.73. The number of likely N-dealkylation sites (tertiary alicyclic amines) is 1. The molecule has 0 aromatic carbocycles. The van der Waals surface area contributed by atoms with Crippen molar-refractivity contribution in [3.8, 4) is 0 Å². The summed E-state index contributed by atoms with van der Waals surface area (Å²) in [6, 6.07) is 0. The third-order valence-corrected chi connectivity index (χ3v) is 3.94. The van der Waals surface area contributed by atoms with Gasteiger partial charge in [0.15, 0.2) is 0 Å². The predicted molar refractivity (Wildman–Crippen MR) is 76.0 cm³/mol. The first-order valence-corrected chi connectivity index (χ1v) is 7.55. The van der Waals surface area contributed by atoms with E-state index in [9.17, 15) is 4.79 Å². The molecule has 2 heterocycles. The lowest BCUT2D eigenvalue weighted by Crippen LogP contribution is -2.39. The van der Waals surface area contributed by atoms with Crippen molar-refractivity contribution in [1.82, 2.24) is 14.5 Å². The Bertz CT molecular complexity index is 413. The Morgan fingerprint density at radius 1 is 1.47 bits per heavy atom. The molecule has 1 aliphatic heterocycles. The van der Waals surface area contributed by atoms with Crippen LogP contribution in [0.1, 0.15) is 57.7 Å². The average molecular weight is 263 g/mol. The number of unbranched alkanes of at least 4 members (excludes halogenated alkanes) is 1. The molecule has 0 spiro atoms. The molecule has 4 heteroatoms. The summed E-state index contributed by atoms with van der Waals surface area (Å²) in [6.45, 7) is 6.95. The van der Waals surface area contributed by atoms with Gasteiger partial charge in [-0.05, 0) is 19.3 Å². The first-order valence-electron chi connectivity index (χ1n) is 7.55. The standard InChI is InChI=1S/C15H25N3O/c1-3-5-9-17-11-8-16-15(17)13-7-6-10-18(12-13)14(19)4-2/h8,11,13H,3-7,9-10,12H2,1-2H3/t13-/m1/s1. The van der Waals surface area contributed by atoms with Crippen molar-refractivity contribution in [3.63, 3.8) is 0 Å². The molecule has 1 aromatic heterocycles. The summed E-state index contributed by atoms with van der Waals surface area (Å²) in [5.74, 6) is 1.86. The number of amides is 1. The van der Waals surface area contributed by atoms with Crippen LogP contribution in [-0.4, -0.2) is 33.4 Å². The molecule has 1 aromatic rings. The zero-order valence-electron chi connectivity index (χ0n) is 12.1. The number of carbonyl (C=O) groups excluding carboxylic acids is 1. The molecule has 1 fully saturated rings. The Kier molecular flexibility index (Phi) is 5.00. The van der Waals surface area contributed by atoms with Gasteiger partial charge in [-0.25, -0.2) is 4.98 Å². The summed E-state index contributed by atoms with van der Waals surface area (Å²) in [4.78, 5) is 18.4. The van der Waals surface area contributed by atoms with Crippen molar-refractivity contribution in [3.05, 3.63) is 18.2 Å². The van der Waals surface area contributed by atoms with Crippen LogP contribution in [0.2, 0.25) is 0 Å². The van der Waals surface area contributed by atoms with E-state index in [4.69, 9.17) is 0 Å². The minimum absolute atomic E-state index is 0.274. The third kappa shape index (κ3) is 3.37. The largest absolute Gasteiger partial charge is 0.342 e. The maximum absolute atomic E-state index is 11.8. The number of aromatic nitrogens is 2. The van der Waals surface area contributed by atoms with Gasteiger partial charge in [-0.3, -0.25) is 4.79 Å². The van der Waals surface area contributed by atoms with Gasteiger partial charge in [0, 0.05) is 44.4 Å². The number of hydrogen-bond acceptors (Lipinski definition) is 2. The molecule has 1 amide bonds. The van der Waals surface area contributed by atoms with E-state index >= 15 is 0 Å². The second-order valence-electron chi connectivity index (χ2n) is 5.36. The summed E-state index contributed by atoms with van der Waals surface area (Å²) in [6.07, 6.45) is 9.21. The van der Waals surface area contributed by atoms with Gasteiger partial charge in [0.2, 0.25) is 5.91 Å². The van der Waals surface area contributed by atoms with Crippen molar-refractivity contribution >= 4 is 5.91 Å². The highest BCUT2D eigenvalue weighted by Crippen LogP contribution is 2.26. The normalized spacial score (nSPS) is 19.7. The van der Waals surface area contributed by atoms with Crippen LogP contribution in [0.25, 0.3) is 0 Å². The molecular weight excluding hydrogens is 238 g/mol. The molecule has 0 aliphatic carbocycles. The zero-order valence-corrected chi connectivity index (χ0v) is 12.1. The Morgan fingerprint density at radius 2 is 2.32 bits per heavy atom. The molecule has 19 heavy (non-hydrogen) atoms. The number of hydrogen-bond donors (Lipinski definition) is 0. The molecule has 2 rings (SSSR count). The maximum atomic E-state index is 11.8. The second-order valence-corrected chi connectivity index (χ2v) is 5.36. The summed E-state index contributed by atoms with van der Waals surface area (Å²) < 4.78 is 2.27. The molecular formula is C15H25N3O. The molecule has 1 aliphatic rings. The quantitative estimate of drug-likeness (QED) is 0.819. The Hall–Kier alpha value is -1.32. The van der Waals surface area contributed by atoms with Crippen LogP contribution < -0.4 is 0 Å². The molecule has 0 N–H and O–H groups in total. The van der Waals surface area contributed by atoms with Gasteiger partial charge in [0.1, 0.15) is 5.82 Å². The fraction of sp³-hybridized carbons (Fsp3) is 0.733. The Morgan fingerprint density at radius 3 is 3.05 bits per heavy atom. The number of rotatable bonds is 5. The van der Waals surface area contributed by atoms with E-state index in [-0.39, 0.29) is 5.91 Å². The number of imidazole rings is 1. The molecule has 0 bridgehead atoms. The zero-order chi connectivity index (χ0) is 13.7. The van der Waals surface area contributed by atoms with Crippen LogP contribution in [0.15, 0.2) is 12.4 Å². The van der Waals surface area contributed by atoms with Gasteiger partial charge in [0.05, 0.1) is 0 Å². The average Bonchev–Trinajstić information content (AvgIpc) is 2.92. The molecule has 1 atom stereocenters. The van der Waals surface area contributed by atoms with E-state index in [1.165, 1.54) is 18.7 Å². The number of nitrogens with zero attached hydrogens (tertiary/aromatic N) is 3. The monoisotopic (exact) mass is 263 g/mol. The van der Waals surface area contributed by atoms with Gasteiger partial charge < -0.3 is 9.47 Å². The first kappa shape index (κ1) is 14.1. The number of piperidine rings is 1.